The zero-order valence-electron chi connectivity index (χ0n) is 17.9. The average Bonchev–Trinajstić information content (AvgIpc) is 2.69. The molecule has 1 aromatic carbocycles. The largest absolute Gasteiger partial charge is 0.493 e. The zero-order valence-corrected chi connectivity index (χ0v) is 20.2. The van der Waals surface area contributed by atoms with Gasteiger partial charge >= 0.3 is 0 Å². The molecule has 7 nitrogen and oxygen atoms in total. The van der Waals surface area contributed by atoms with E-state index >= 15 is 0 Å². The first-order valence-corrected chi connectivity index (χ1v) is 9.47. The van der Waals surface area contributed by atoms with E-state index in [0.29, 0.717) is 0 Å². The predicted octanol–water partition coefficient (Wildman–Crippen LogP) is 2.39. The van der Waals surface area contributed by atoms with Crippen molar-refractivity contribution in [2.75, 3.05) is 68.2 Å². The Labute approximate surface area is 187 Å². The van der Waals surface area contributed by atoms with Gasteiger partial charge in [-0.2, -0.15) is 0 Å². The summed E-state index contributed by atoms with van der Waals surface area (Å²) in [6, 6.07) is 6.06. The summed E-state index contributed by atoms with van der Waals surface area (Å²) in [6.45, 7) is 4.53. The number of hydrogen-bond donors (Lipinski definition) is 2. The second-order valence-corrected chi connectivity index (χ2v) is 6.37. The van der Waals surface area contributed by atoms with Crippen LogP contribution in [0.2, 0.25) is 0 Å². The van der Waals surface area contributed by atoms with Gasteiger partial charge in [0.15, 0.2) is 17.5 Å². The number of guanidine groups is 1. The fourth-order valence-corrected chi connectivity index (χ4v) is 2.71. The van der Waals surface area contributed by atoms with Crippen molar-refractivity contribution < 1.29 is 14.2 Å². The van der Waals surface area contributed by atoms with Crippen molar-refractivity contribution in [3.63, 3.8) is 0 Å². The second kappa shape index (κ2) is 16.7. The van der Waals surface area contributed by atoms with Crippen LogP contribution >= 0.6 is 24.0 Å². The lowest BCUT2D eigenvalue weighted by Crippen LogP contribution is -2.41. The molecule has 0 aliphatic heterocycles. The number of likely N-dealkylation sites (N-methyl/N-ethyl adjacent to an activating group) is 1. The minimum Gasteiger partial charge on any atom is -0.493 e. The molecular weight excluding hydrogens is 471 g/mol. The van der Waals surface area contributed by atoms with E-state index in [1.165, 1.54) is 5.56 Å². The first-order chi connectivity index (χ1) is 13.1. The Morgan fingerprint density at radius 3 is 2.36 bits per heavy atom. The van der Waals surface area contributed by atoms with Crippen molar-refractivity contribution in [1.82, 2.24) is 15.5 Å². The smallest absolute Gasteiger partial charge is 0.191 e. The molecule has 0 heterocycles. The maximum atomic E-state index is 5.35. The van der Waals surface area contributed by atoms with E-state index in [1.54, 1.807) is 28.4 Å². The number of halogens is 1. The highest BCUT2D eigenvalue weighted by atomic mass is 127. The summed E-state index contributed by atoms with van der Waals surface area (Å²) in [6.07, 6.45) is 3.02. The van der Waals surface area contributed by atoms with Crippen LogP contribution in [0.25, 0.3) is 0 Å². The van der Waals surface area contributed by atoms with E-state index in [0.717, 1.165) is 69.5 Å². The molecule has 2 N–H and O–H groups in total. The van der Waals surface area contributed by atoms with E-state index < -0.39 is 0 Å². The molecule has 162 valence electrons. The van der Waals surface area contributed by atoms with Gasteiger partial charge in [0, 0.05) is 46.9 Å². The molecule has 0 aromatic heterocycles. The van der Waals surface area contributed by atoms with Gasteiger partial charge in [0.05, 0.1) is 14.2 Å². The van der Waals surface area contributed by atoms with E-state index in [9.17, 15) is 0 Å². The molecule has 0 radical (unpaired) electrons. The molecule has 0 aliphatic rings. The fraction of sp³-hybridized carbons (Fsp3) is 0.650. The normalized spacial score (nSPS) is 11.1. The number of hydrogen-bond acceptors (Lipinski definition) is 5. The summed E-state index contributed by atoms with van der Waals surface area (Å²) < 4.78 is 15.7. The maximum absolute atomic E-state index is 5.35. The van der Waals surface area contributed by atoms with Crippen molar-refractivity contribution >= 4 is 29.9 Å². The van der Waals surface area contributed by atoms with Gasteiger partial charge in [-0.1, -0.05) is 6.07 Å². The lowest BCUT2D eigenvalue weighted by Gasteiger charge is -2.18. The van der Waals surface area contributed by atoms with Crippen molar-refractivity contribution in [2.24, 2.45) is 4.99 Å². The van der Waals surface area contributed by atoms with E-state index in [-0.39, 0.29) is 24.0 Å². The number of methoxy groups -OCH3 is 3. The molecule has 8 heteroatoms. The summed E-state index contributed by atoms with van der Waals surface area (Å²) in [7, 11) is 8.97. The van der Waals surface area contributed by atoms with Crippen LogP contribution in [-0.2, 0) is 11.2 Å². The number of aryl methyl sites for hydroxylation is 1. The summed E-state index contributed by atoms with van der Waals surface area (Å²) in [5, 5.41) is 6.71. The second-order valence-electron chi connectivity index (χ2n) is 6.37. The third-order valence-corrected chi connectivity index (χ3v) is 4.28. The highest BCUT2D eigenvalue weighted by Crippen LogP contribution is 2.27. The highest BCUT2D eigenvalue weighted by Gasteiger charge is 2.05. The quantitative estimate of drug-likeness (QED) is 0.185. The number of rotatable bonds is 13. The lowest BCUT2D eigenvalue weighted by molar-refractivity contribution is 0.180. The van der Waals surface area contributed by atoms with Crippen LogP contribution < -0.4 is 20.1 Å². The molecule has 28 heavy (non-hydrogen) atoms. The van der Waals surface area contributed by atoms with Crippen LogP contribution in [0.15, 0.2) is 23.2 Å². The van der Waals surface area contributed by atoms with Gasteiger partial charge in [0.25, 0.3) is 0 Å². The van der Waals surface area contributed by atoms with Crippen LogP contribution in [0.5, 0.6) is 11.5 Å². The molecular formula is C20H37IN4O3. The van der Waals surface area contributed by atoms with E-state index in [4.69, 9.17) is 14.2 Å². The van der Waals surface area contributed by atoms with Crippen LogP contribution in [0.1, 0.15) is 18.4 Å². The average molecular weight is 508 g/mol. The molecule has 0 atom stereocenters. The number of nitrogens with zero attached hydrogens (tertiary/aromatic N) is 2. The Balaban J connectivity index is 0.00000729. The highest BCUT2D eigenvalue weighted by molar-refractivity contribution is 14.0. The molecule has 0 bridgehead atoms. The molecule has 0 amide bonds. The van der Waals surface area contributed by atoms with Crippen molar-refractivity contribution in [1.29, 1.82) is 0 Å². The van der Waals surface area contributed by atoms with E-state index in [1.807, 2.05) is 12.1 Å². The van der Waals surface area contributed by atoms with Crippen molar-refractivity contribution in [2.45, 2.75) is 19.3 Å². The molecule has 0 unspecified atom stereocenters. The Hall–Kier alpha value is -1.26. The monoisotopic (exact) mass is 508 g/mol. The van der Waals surface area contributed by atoms with Gasteiger partial charge in [-0.25, -0.2) is 0 Å². The topological polar surface area (TPSA) is 67.4 Å². The number of nitrogens with one attached hydrogen (secondary N) is 2. The Morgan fingerprint density at radius 2 is 1.71 bits per heavy atom. The van der Waals surface area contributed by atoms with Gasteiger partial charge in [0.2, 0.25) is 0 Å². The third-order valence-electron chi connectivity index (χ3n) is 4.28. The Kier molecular flexibility index (Phi) is 15.9. The van der Waals surface area contributed by atoms with Gasteiger partial charge in [-0.15, -0.1) is 24.0 Å². The first-order valence-electron chi connectivity index (χ1n) is 9.47. The van der Waals surface area contributed by atoms with E-state index in [2.05, 4.69) is 33.6 Å². The molecule has 0 saturated heterocycles. The molecule has 0 fully saturated rings. The standard InChI is InChI=1S/C20H36N4O3.HI/c1-21-20(23-12-14-24(2)13-7-15-25-3)22-11-6-8-17-9-10-18(26-4)19(16-17)27-5;/h9-10,16H,6-8,11-15H2,1-5H3,(H2,21,22,23);1H. The van der Waals surface area contributed by atoms with Crippen LogP contribution in [-0.4, -0.2) is 79.1 Å². The van der Waals surface area contributed by atoms with Crippen molar-refractivity contribution in [3.8, 4) is 11.5 Å². The summed E-state index contributed by atoms with van der Waals surface area (Å²) in [4.78, 5) is 6.56. The fourth-order valence-electron chi connectivity index (χ4n) is 2.71. The first kappa shape index (κ1) is 26.7. The molecule has 1 aromatic rings. The lowest BCUT2D eigenvalue weighted by atomic mass is 10.1. The van der Waals surface area contributed by atoms with Gasteiger partial charge < -0.3 is 29.7 Å². The summed E-state index contributed by atoms with van der Waals surface area (Å²) >= 11 is 0. The molecule has 0 aliphatic carbocycles. The van der Waals surface area contributed by atoms with Gasteiger partial charge in [-0.05, 0) is 44.0 Å². The van der Waals surface area contributed by atoms with Crippen LogP contribution in [0.3, 0.4) is 0 Å². The van der Waals surface area contributed by atoms with Gasteiger partial charge in [-0.3, -0.25) is 4.99 Å². The zero-order chi connectivity index (χ0) is 19.9. The molecule has 0 spiro atoms. The molecule has 0 saturated carbocycles. The predicted molar refractivity (Wildman–Crippen MR) is 127 cm³/mol. The third kappa shape index (κ3) is 10.9. The molecule has 1 rings (SSSR count). The minimum absolute atomic E-state index is 0. The number of ether oxygens (including phenoxy) is 3. The number of aliphatic imine (C=N–C) groups is 1. The SMILES string of the molecule is CN=C(NCCCc1ccc(OC)c(OC)c1)NCCN(C)CCCOC.I. The van der Waals surface area contributed by atoms with Crippen LogP contribution in [0.4, 0.5) is 0 Å². The van der Waals surface area contributed by atoms with Crippen LogP contribution in [0, 0.1) is 0 Å². The van der Waals surface area contributed by atoms with Crippen molar-refractivity contribution in [3.05, 3.63) is 23.8 Å². The Bertz CT molecular complexity index is 558. The maximum Gasteiger partial charge on any atom is 0.191 e. The minimum atomic E-state index is 0. The summed E-state index contributed by atoms with van der Waals surface area (Å²) in [5.41, 5.74) is 1.23. The van der Waals surface area contributed by atoms with Gasteiger partial charge in [0.1, 0.15) is 0 Å². The number of benzene rings is 1. The summed E-state index contributed by atoms with van der Waals surface area (Å²) in [5.74, 6) is 2.37. The Morgan fingerprint density at radius 1 is 1.00 bits per heavy atom.